The Bertz CT molecular complexity index is 535. The second-order valence-corrected chi connectivity index (χ2v) is 4.66. The summed E-state index contributed by atoms with van der Waals surface area (Å²) in [5.74, 6) is 1.60. The van der Waals surface area contributed by atoms with E-state index in [1.165, 1.54) is 0 Å². The molecule has 0 saturated carbocycles. The molecule has 0 radical (unpaired) electrons. The van der Waals surface area contributed by atoms with E-state index in [-0.39, 0.29) is 0 Å². The number of anilines is 1. The lowest BCUT2D eigenvalue weighted by molar-refractivity contribution is 0.194. The van der Waals surface area contributed by atoms with Crippen LogP contribution in [0.25, 0.3) is 0 Å². The zero-order valence-electron chi connectivity index (χ0n) is 12.2. The summed E-state index contributed by atoms with van der Waals surface area (Å²) < 4.78 is 10.8. The minimum atomic E-state index is -0.591. The van der Waals surface area contributed by atoms with Crippen LogP contribution in [0.15, 0.2) is 41.0 Å². The molecule has 1 N–H and O–H groups in total. The third kappa shape index (κ3) is 2.96. The summed E-state index contributed by atoms with van der Waals surface area (Å²) in [7, 11) is 1.62. The van der Waals surface area contributed by atoms with Crippen LogP contribution in [-0.4, -0.2) is 18.8 Å². The van der Waals surface area contributed by atoms with Crippen molar-refractivity contribution in [1.29, 1.82) is 0 Å². The molecule has 0 saturated heterocycles. The number of aliphatic hydroxyl groups excluding tert-OH is 1. The lowest BCUT2D eigenvalue weighted by atomic mass is 10.1. The first-order valence-electron chi connectivity index (χ1n) is 6.79. The average molecular weight is 275 g/mol. The van der Waals surface area contributed by atoms with Crippen molar-refractivity contribution >= 4 is 5.69 Å². The molecular weight excluding hydrogens is 254 g/mol. The van der Waals surface area contributed by atoms with Gasteiger partial charge in [0.1, 0.15) is 11.5 Å². The second kappa shape index (κ2) is 6.48. The van der Waals surface area contributed by atoms with Crippen LogP contribution in [0.3, 0.4) is 0 Å². The van der Waals surface area contributed by atoms with E-state index in [0.717, 1.165) is 23.6 Å². The summed E-state index contributed by atoms with van der Waals surface area (Å²) in [4.78, 5) is 2.16. The van der Waals surface area contributed by atoms with Gasteiger partial charge in [0, 0.05) is 17.8 Å². The fourth-order valence-electron chi connectivity index (χ4n) is 2.36. The van der Waals surface area contributed by atoms with E-state index in [9.17, 15) is 5.11 Å². The van der Waals surface area contributed by atoms with Crippen LogP contribution < -0.4 is 9.64 Å². The molecule has 0 fully saturated rings. The lowest BCUT2D eigenvalue weighted by Crippen LogP contribution is -2.23. The van der Waals surface area contributed by atoms with Crippen LogP contribution in [-0.2, 0) is 6.54 Å². The Labute approximate surface area is 119 Å². The summed E-state index contributed by atoms with van der Waals surface area (Å²) >= 11 is 0. The Morgan fingerprint density at radius 1 is 1.30 bits per heavy atom. The number of furan rings is 1. The van der Waals surface area contributed by atoms with Crippen molar-refractivity contribution in [2.75, 3.05) is 18.6 Å². The smallest absolute Gasteiger partial charge is 0.126 e. The van der Waals surface area contributed by atoms with Gasteiger partial charge in [-0.2, -0.15) is 0 Å². The highest BCUT2D eigenvalue weighted by Crippen LogP contribution is 2.35. The fourth-order valence-corrected chi connectivity index (χ4v) is 2.36. The Morgan fingerprint density at radius 3 is 2.65 bits per heavy atom. The van der Waals surface area contributed by atoms with Crippen molar-refractivity contribution < 1.29 is 14.3 Å². The molecule has 0 spiro atoms. The van der Waals surface area contributed by atoms with Crippen molar-refractivity contribution in [3.05, 3.63) is 47.9 Å². The van der Waals surface area contributed by atoms with Gasteiger partial charge in [0.2, 0.25) is 0 Å². The molecule has 2 rings (SSSR count). The summed E-state index contributed by atoms with van der Waals surface area (Å²) in [6, 6.07) is 9.63. The standard InChI is InChI=1S/C16H21NO3/c1-4-17(11-13-7-6-10-20-13)14-8-5-9-15(19-3)16(14)12(2)18/h5-10,12,18H,4,11H2,1-3H3. The maximum atomic E-state index is 10.1. The first-order chi connectivity index (χ1) is 9.67. The molecule has 1 heterocycles. The van der Waals surface area contributed by atoms with Gasteiger partial charge >= 0.3 is 0 Å². The lowest BCUT2D eigenvalue weighted by Gasteiger charge is -2.27. The minimum Gasteiger partial charge on any atom is -0.496 e. The molecule has 1 atom stereocenters. The molecule has 1 unspecified atom stereocenters. The van der Waals surface area contributed by atoms with Crippen molar-refractivity contribution in [3.63, 3.8) is 0 Å². The molecule has 1 aromatic carbocycles. The van der Waals surface area contributed by atoms with E-state index in [1.54, 1.807) is 20.3 Å². The molecule has 0 amide bonds. The van der Waals surface area contributed by atoms with Gasteiger partial charge in [0.05, 0.1) is 26.0 Å². The Balaban J connectivity index is 2.38. The maximum Gasteiger partial charge on any atom is 0.126 e. The highest BCUT2D eigenvalue weighted by Gasteiger charge is 2.18. The molecule has 4 heteroatoms. The van der Waals surface area contributed by atoms with E-state index >= 15 is 0 Å². The van der Waals surface area contributed by atoms with Crippen LogP contribution in [0.4, 0.5) is 5.69 Å². The predicted octanol–water partition coefficient (Wildman–Crippen LogP) is 3.37. The third-order valence-corrected chi connectivity index (χ3v) is 3.33. The predicted molar refractivity (Wildman–Crippen MR) is 79.1 cm³/mol. The number of nitrogens with zero attached hydrogens (tertiary/aromatic N) is 1. The molecule has 0 bridgehead atoms. The van der Waals surface area contributed by atoms with Gasteiger partial charge in [-0.05, 0) is 38.1 Å². The average Bonchev–Trinajstić information content (AvgIpc) is 2.96. The summed E-state index contributed by atoms with van der Waals surface area (Å²) in [5.41, 5.74) is 1.78. The van der Waals surface area contributed by atoms with Gasteiger partial charge in [-0.3, -0.25) is 0 Å². The first-order valence-corrected chi connectivity index (χ1v) is 6.79. The highest BCUT2D eigenvalue weighted by molar-refractivity contribution is 5.60. The van der Waals surface area contributed by atoms with Crippen LogP contribution in [0, 0.1) is 0 Å². The SMILES string of the molecule is CCN(Cc1ccco1)c1cccc(OC)c1C(C)O. The monoisotopic (exact) mass is 275 g/mol. The van der Waals surface area contributed by atoms with Crippen molar-refractivity contribution in [3.8, 4) is 5.75 Å². The van der Waals surface area contributed by atoms with Crippen molar-refractivity contribution in [1.82, 2.24) is 0 Å². The number of ether oxygens (including phenoxy) is 1. The molecule has 0 aliphatic heterocycles. The molecule has 0 aliphatic carbocycles. The summed E-state index contributed by atoms with van der Waals surface area (Å²) in [6.07, 6.45) is 1.08. The highest BCUT2D eigenvalue weighted by atomic mass is 16.5. The molecule has 1 aromatic heterocycles. The number of rotatable bonds is 6. The summed E-state index contributed by atoms with van der Waals surface area (Å²) in [6.45, 7) is 5.31. The molecular formula is C16H21NO3. The zero-order chi connectivity index (χ0) is 14.5. The zero-order valence-corrected chi connectivity index (χ0v) is 12.2. The number of aliphatic hydroxyl groups is 1. The number of hydrogen-bond donors (Lipinski definition) is 1. The second-order valence-electron chi connectivity index (χ2n) is 4.66. The largest absolute Gasteiger partial charge is 0.496 e. The molecule has 4 nitrogen and oxygen atoms in total. The molecule has 108 valence electrons. The third-order valence-electron chi connectivity index (χ3n) is 3.33. The van der Waals surface area contributed by atoms with Gasteiger partial charge < -0.3 is 19.2 Å². The quantitative estimate of drug-likeness (QED) is 0.878. The topological polar surface area (TPSA) is 45.8 Å². The van der Waals surface area contributed by atoms with E-state index in [2.05, 4.69) is 11.8 Å². The number of benzene rings is 1. The van der Waals surface area contributed by atoms with E-state index in [1.807, 2.05) is 30.3 Å². The van der Waals surface area contributed by atoms with Gasteiger partial charge in [-0.15, -0.1) is 0 Å². The van der Waals surface area contributed by atoms with Crippen LogP contribution in [0.1, 0.15) is 31.3 Å². The first kappa shape index (κ1) is 14.5. The van der Waals surface area contributed by atoms with Crippen LogP contribution >= 0.6 is 0 Å². The minimum absolute atomic E-state index is 0.591. The fraction of sp³-hybridized carbons (Fsp3) is 0.375. The van der Waals surface area contributed by atoms with Gasteiger partial charge in [-0.25, -0.2) is 0 Å². The van der Waals surface area contributed by atoms with E-state index in [0.29, 0.717) is 12.3 Å². The van der Waals surface area contributed by atoms with Gasteiger partial charge in [0.25, 0.3) is 0 Å². The van der Waals surface area contributed by atoms with Crippen LogP contribution in [0.2, 0.25) is 0 Å². The number of hydrogen-bond acceptors (Lipinski definition) is 4. The van der Waals surface area contributed by atoms with Crippen molar-refractivity contribution in [2.24, 2.45) is 0 Å². The van der Waals surface area contributed by atoms with E-state index < -0.39 is 6.10 Å². The van der Waals surface area contributed by atoms with Crippen molar-refractivity contribution in [2.45, 2.75) is 26.5 Å². The Hall–Kier alpha value is -1.94. The molecule has 20 heavy (non-hydrogen) atoms. The van der Waals surface area contributed by atoms with Gasteiger partial charge in [0.15, 0.2) is 0 Å². The normalized spacial score (nSPS) is 12.2. The Morgan fingerprint density at radius 2 is 2.10 bits per heavy atom. The summed E-state index contributed by atoms with van der Waals surface area (Å²) in [5, 5.41) is 10.1. The molecule has 2 aromatic rings. The Kier molecular flexibility index (Phi) is 4.69. The van der Waals surface area contributed by atoms with Crippen LogP contribution in [0.5, 0.6) is 5.75 Å². The maximum absolute atomic E-state index is 10.1. The van der Waals surface area contributed by atoms with Gasteiger partial charge in [-0.1, -0.05) is 6.07 Å². The van der Waals surface area contributed by atoms with E-state index in [4.69, 9.17) is 9.15 Å². The molecule has 0 aliphatic rings. The number of methoxy groups -OCH3 is 1.